The minimum atomic E-state index is -4.63. The van der Waals surface area contributed by atoms with Crippen LogP contribution in [0.15, 0.2) is 12.1 Å². The first-order chi connectivity index (χ1) is 13.6. The zero-order valence-corrected chi connectivity index (χ0v) is 17.0. The molecular formula is C16H17F5IN5O2. The second kappa shape index (κ2) is 8.67. The van der Waals surface area contributed by atoms with Gasteiger partial charge in [0.2, 0.25) is 5.82 Å². The van der Waals surface area contributed by atoms with E-state index in [0.29, 0.717) is 5.17 Å². The second-order valence-electron chi connectivity index (χ2n) is 6.38. The number of rotatable bonds is 6. The smallest absolute Gasteiger partial charge is 0.391 e. The number of nitrogens with zero attached hydrogens (tertiary/aromatic N) is 5. The van der Waals surface area contributed by atoms with E-state index in [9.17, 15) is 32.3 Å². The Kier molecular flexibility index (Phi) is 6.62. The number of fused-ring (bicyclic) bond motifs is 1. The van der Waals surface area contributed by atoms with Gasteiger partial charge in [-0.25, -0.2) is 13.8 Å². The molecule has 0 fully saturated rings. The molecule has 1 aromatic carbocycles. The highest BCUT2D eigenvalue weighted by Crippen LogP contribution is 2.29. The number of hydroxylamine groups is 1. The molecule has 13 heteroatoms. The lowest BCUT2D eigenvalue weighted by molar-refractivity contribution is -0.265. The van der Waals surface area contributed by atoms with Gasteiger partial charge < -0.3 is 9.67 Å². The maximum Gasteiger partial charge on any atom is 0.451 e. The molecule has 1 atom stereocenters. The molecule has 0 radical (unpaired) electrons. The third-order valence-electron chi connectivity index (χ3n) is 4.38. The van der Waals surface area contributed by atoms with Crippen LogP contribution in [-0.4, -0.2) is 59.0 Å². The Balaban J connectivity index is 1.62. The summed E-state index contributed by atoms with van der Waals surface area (Å²) in [6.45, 7) is -0.607. The number of benzene rings is 1. The Labute approximate surface area is 172 Å². The van der Waals surface area contributed by atoms with E-state index < -0.39 is 50.5 Å². The lowest BCUT2D eigenvalue weighted by Gasteiger charge is -2.34. The van der Waals surface area contributed by atoms with E-state index in [2.05, 4.69) is 14.7 Å². The van der Waals surface area contributed by atoms with Crippen LogP contribution in [0.4, 0.5) is 22.0 Å². The zero-order chi connectivity index (χ0) is 21.3. The van der Waals surface area contributed by atoms with Gasteiger partial charge in [0.25, 0.3) is 0 Å². The maximum absolute atomic E-state index is 14.0. The molecule has 1 aliphatic heterocycles. The fraction of sp³-hybridized carbons (Fsp3) is 0.438. The van der Waals surface area contributed by atoms with Crippen LogP contribution >= 0.6 is 20.7 Å². The molecule has 0 spiro atoms. The van der Waals surface area contributed by atoms with E-state index in [0.717, 1.165) is 16.7 Å². The molecule has 1 aromatic heterocycles. The number of alkyl halides is 3. The van der Waals surface area contributed by atoms with Crippen molar-refractivity contribution in [2.24, 2.45) is 0 Å². The van der Waals surface area contributed by atoms with Crippen LogP contribution in [0.5, 0.6) is 0 Å². The summed E-state index contributed by atoms with van der Waals surface area (Å²) in [5.74, 6) is -2.35. The number of hydrogen-bond acceptors (Lipinski definition) is 6. The fourth-order valence-electron chi connectivity index (χ4n) is 3.00. The number of hydrogen-bond donors (Lipinski definition) is 2. The Bertz CT molecular complexity index is 907. The summed E-state index contributed by atoms with van der Waals surface area (Å²) in [5, 5.41) is 28.9. The van der Waals surface area contributed by atoms with Crippen LogP contribution < -0.4 is 0 Å². The molecule has 29 heavy (non-hydrogen) atoms. The first-order valence-corrected chi connectivity index (χ1v) is 11.0. The van der Waals surface area contributed by atoms with Crippen LogP contribution in [0.25, 0.3) is 0 Å². The standard InChI is InChI=1S/C16H17F5IN5O2/c1-22-13-6-11(17)9(5-12(13)18)4-10(28)7-27(29)25-2-3-26-14(8-25)23-24-15(26)16(19,20)21/h5-6,10,28-29H,1-4,7-8H2/t10-/m1/s1. The third kappa shape index (κ3) is 4.96. The molecule has 0 unspecified atom stereocenters. The van der Waals surface area contributed by atoms with Crippen molar-refractivity contribution in [1.82, 2.24) is 24.9 Å². The van der Waals surface area contributed by atoms with E-state index in [1.165, 1.54) is 5.01 Å². The van der Waals surface area contributed by atoms with Gasteiger partial charge in [0.1, 0.15) is 17.5 Å². The molecule has 3 rings (SSSR count). The van der Waals surface area contributed by atoms with Gasteiger partial charge in [0.05, 0.1) is 19.2 Å². The second-order valence-corrected chi connectivity index (χ2v) is 8.31. The van der Waals surface area contributed by atoms with Gasteiger partial charge in [-0.1, -0.05) is 25.2 Å². The molecule has 0 amide bonds. The normalized spacial score (nSPS) is 16.3. The predicted molar refractivity (Wildman–Crippen MR) is 99.8 cm³/mol. The molecule has 2 aromatic rings. The summed E-state index contributed by atoms with van der Waals surface area (Å²) in [6.07, 6.45) is -6.13. The van der Waals surface area contributed by atoms with E-state index in [4.69, 9.17) is 0 Å². The number of aliphatic hydroxyl groups excluding tert-OH is 1. The van der Waals surface area contributed by atoms with Crippen LogP contribution in [0.1, 0.15) is 17.2 Å². The van der Waals surface area contributed by atoms with Gasteiger partial charge in [-0.15, -0.1) is 15.4 Å². The summed E-state index contributed by atoms with van der Waals surface area (Å²) in [4.78, 5) is 0. The van der Waals surface area contributed by atoms with Crippen LogP contribution in [0.2, 0.25) is 0 Å². The molecule has 7 nitrogen and oxygen atoms in total. The number of halogens is 6. The number of aliphatic hydroxyl groups is 1. The van der Waals surface area contributed by atoms with E-state index in [-0.39, 0.29) is 47.6 Å². The van der Waals surface area contributed by atoms with Crippen molar-refractivity contribution in [1.29, 1.82) is 0 Å². The Morgan fingerprint density at radius 2 is 1.93 bits per heavy atom. The van der Waals surface area contributed by atoms with E-state index in [1.807, 2.05) is 0 Å². The first-order valence-electron chi connectivity index (χ1n) is 8.35. The minimum Gasteiger partial charge on any atom is -0.391 e. The summed E-state index contributed by atoms with van der Waals surface area (Å²) in [7, 11) is 0. The SMILES string of the molecule is C=Ic1cc(F)c(C[C@@H](O)CN(O)N2CCn3c(nnc3C(F)(F)F)C2)cc1F. The van der Waals surface area contributed by atoms with Crippen molar-refractivity contribution in [2.75, 3.05) is 13.1 Å². The van der Waals surface area contributed by atoms with Gasteiger partial charge >= 0.3 is 6.18 Å². The largest absolute Gasteiger partial charge is 0.451 e. The molecule has 0 bridgehead atoms. The molecule has 0 saturated carbocycles. The van der Waals surface area contributed by atoms with Crippen LogP contribution in [-0.2, 0) is 25.7 Å². The minimum absolute atomic E-state index is 0.0114. The zero-order valence-electron chi connectivity index (χ0n) is 14.9. The first kappa shape index (κ1) is 22.1. The number of aromatic nitrogens is 3. The van der Waals surface area contributed by atoms with Crippen LogP contribution in [0, 0.1) is 15.2 Å². The highest BCUT2D eigenvalue weighted by atomic mass is 127. The fourth-order valence-corrected chi connectivity index (χ4v) is 4.01. The highest BCUT2D eigenvalue weighted by Gasteiger charge is 2.40. The summed E-state index contributed by atoms with van der Waals surface area (Å²) >= 11 is -0.880. The lowest BCUT2D eigenvalue weighted by atomic mass is 10.1. The Hall–Kier alpha value is -1.55. The third-order valence-corrected chi connectivity index (χ3v) is 6.02. The van der Waals surface area contributed by atoms with Crippen LogP contribution in [0.3, 0.4) is 0 Å². The highest BCUT2D eigenvalue weighted by molar-refractivity contribution is 14.2. The Morgan fingerprint density at radius 3 is 2.59 bits per heavy atom. The topological polar surface area (TPSA) is 77.7 Å². The summed E-state index contributed by atoms with van der Waals surface area (Å²) in [5.41, 5.74) is -0.0437. The average Bonchev–Trinajstić information content (AvgIpc) is 3.07. The van der Waals surface area contributed by atoms with Crippen molar-refractivity contribution >= 4 is 25.2 Å². The lowest BCUT2D eigenvalue weighted by Crippen LogP contribution is -2.48. The van der Waals surface area contributed by atoms with Gasteiger partial charge in [0, 0.05) is 23.1 Å². The quantitative estimate of drug-likeness (QED) is 0.257. The monoisotopic (exact) mass is 533 g/mol. The average molecular weight is 533 g/mol. The predicted octanol–water partition coefficient (Wildman–Crippen LogP) is 2.17. The molecule has 0 aliphatic carbocycles. The van der Waals surface area contributed by atoms with Crippen molar-refractivity contribution in [3.8, 4) is 0 Å². The molecule has 2 N–H and O–H groups in total. The van der Waals surface area contributed by atoms with E-state index in [1.54, 1.807) is 0 Å². The van der Waals surface area contributed by atoms with Crippen molar-refractivity contribution in [2.45, 2.75) is 31.8 Å². The maximum atomic E-state index is 14.0. The molecule has 160 valence electrons. The van der Waals surface area contributed by atoms with Crippen molar-refractivity contribution in [3.63, 3.8) is 0 Å². The van der Waals surface area contributed by atoms with Crippen molar-refractivity contribution < 1.29 is 32.3 Å². The number of hydrazine groups is 1. The van der Waals surface area contributed by atoms with Gasteiger partial charge in [-0.3, -0.25) is 5.21 Å². The Morgan fingerprint density at radius 1 is 1.21 bits per heavy atom. The summed E-state index contributed by atoms with van der Waals surface area (Å²) in [6, 6.07) is 2.06. The van der Waals surface area contributed by atoms with Gasteiger partial charge in [0.15, 0.2) is 0 Å². The van der Waals surface area contributed by atoms with Gasteiger partial charge in [-0.2, -0.15) is 13.2 Å². The molecule has 2 heterocycles. The van der Waals surface area contributed by atoms with Gasteiger partial charge in [-0.05, 0) is 17.7 Å². The van der Waals surface area contributed by atoms with E-state index >= 15 is 0 Å². The molecule has 1 aliphatic rings. The molecular weight excluding hydrogens is 516 g/mol. The summed E-state index contributed by atoms with van der Waals surface area (Å²) < 4.78 is 71.2. The molecule has 0 saturated heterocycles. The van der Waals surface area contributed by atoms with Crippen molar-refractivity contribution in [3.05, 3.63) is 44.5 Å².